The van der Waals surface area contributed by atoms with Crippen LogP contribution in [0.1, 0.15) is 19.5 Å². The highest BCUT2D eigenvalue weighted by molar-refractivity contribution is 5.91. The lowest BCUT2D eigenvalue weighted by molar-refractivity contribution is -0.121. The van der Waals surface area contributed by atoms with Gasteiger partial charge in [0.2, 0.25) is 0 Å². The molecule has 1 rings (SSSR count). The summed E-state index contributed by atoms with van der Waals surface area (Å²) in [4.78, 5) is 22.1. The number of imide groups is 1. The molecule has 18 heavy (non-hydrogen) atoms. The summed E-state index contributed by atoms with van der Waals surface area (Å²) in [5.41, 5.74) is 0.731. The molecule has 0 spiro atoms. The quantitative estimate of drug-likeness (QED) is 0.747. The number of nitrogens with zero attached hydrogens (tertiary/aromatic N) is 3. The van der Waals surface area contributed by atoms with Crippen molar-refractivity contribution in [1.82, 2.24) is 25.6 Å². The molecule has 0 aliphatic carbocycles. The van der Waals surface area contributed by atoms with Crippen LogP contribution in [0, 0.1) is 0 Å². The van der Waals surface area contributed by atoms with Crippen LogP contribution in [-0.4, -0.2) is 40.1 Å². The van der Waals surface area contributed by atoms with Crippen molar-refractivity contribution in [3.63, 3.8) is 0 Å². The molecule has 2 amide bonds. The third-order valence-corrected chi connectivity index (χ3v) is 2.01. The number of hydrogen-bond donors (Lipinski definition) is 2. The van der Waals surface area contributed by atoms with Gasteiger partial charge in [0, 0.05) is 12.6 Å². The summed E-state index contributed by atoms with van der Waals surface area (Å²) in [6.45, 7) is 4.54. The lowest BCUT2D eigenvalue weighted by atomic mass is 10.3. The van der Waals surface area contributed by atoms with Crippen LogP contribution in [0.15, 0.2) is 6.20 Å². The van der Waals surface area contributed by atoms with Gasteiger partial charge >= 0.3 is 6.09 Å². The monoisotopic (exact) mass is 255 g/mol. The van der Waals surface area contributed by atoms with E-state index in [1.807, 2.05) is 19.2 Å². The van der Waals surface area contributed by atoms with E-state index >= 15 is 0 Å². The van der Waals surface area contributed by atoms with Gasteiger partial charge in [-0.05, 0) is 0 Å². The largest absolute Gasteiger partial charge is 0.453 e. The Morgan fingerprint density at radius 1 is 1.50 bits per heavy atom. The molecule has 8 nitrogen and oxygen atoms in total. The van der Waals surface area contributed by atoms with Crippen molar-refractivity contribution in [3.05, 3.63) is 11.9 Å². The van der Waals surface area contributed by atoms with Gasteiger partial charge in [-0.15, -0.1) is 5.10 Å². The van der Waals surface area contributed by atoms with Crippen molar-refractivity contribution in [2.75, 3.05) is 7.11 Å². The zero-order valence-electron chi connectivity index (χ0n) is 10.6. The molecule has 0 fully saturated rings. The first kappa shape index (κ1) is 14.1. The average Bonchev–Trinajstić information content (AvgIpc) is 2.73. The zero-order chi connectivity index (χ0) is 13.5. The van der Waals surface area contributed by atoms with E-state index < -0.39 is 12.0 Å². The predicted molar refractivity (Wildman–Crippen MR) is 62.5 cm³/mol. The summed E-state index contributed by atoms with van der Waals surface area (Å²) in [5.74, 6) is -0.505. The van der Waals surface area contributed by atoms with Crippen molar-refractivity contribution in [3.8, 4) is 0 Å². The molecule has 0 atom stereocenters. The van der Waals surface area contributed by atoms with Crippen LogP contribution in [0.4, 0.5) is 4.79 Å². The number of amides is 2. The molecule has 0 radical (unpaired) electrons. The third-order valence-electron chi connectivity index (χ3n) is 2.01. The third kappa shape index (κ3) is 4.91. The first-order chi connectivity index (χ1) is 8.51. The fraction of sp³-hybridized carbons (Fsp3) is 0.600. The molecule has 1 aromatic rings. The van der Waals surface area contributed by atoms with E-state index in [1.165, 1.54) is 11.8 Å². The van der Waals surface area contributed by atoms with Crippen molar-refractivity contribution in [2.24, 2.45) is 0 Å². The number of alkyl carbamates (subject to hydrolysis) is 1. The fourth-order valence-corrected chi connectivity index (χ4v) is 1.16. The van der Waals surface area contributed by atoms with Crippen molar-refractivity contribution in [2.45, 2.75) is 33.0 Å². The van der Waals surface area contributed by atoms with Gasteiger partial charge < -0.3 is 10.1 Å². The summed E-state index contributed by atoms with van der Waals surface area (Å²) < 4.78 is 5.66. The number of ether oxygens (including phenoxy) is 1. The molecule has 0 unspecified atom stereocenters. The number of hydrogen-bond acceptors (Lipinski definition) is 6. The minimum absolute atomic E-state index is 0.0796. The maximum absolute atomic E-state index is 11.3. The Bertz CT molecular complexity index is 415. The highest BCUT2D eigenvalue weighted by atomic mass is 16.5. The Kier molecular flexibility index (Phi) is 5.25. The standard InChI is InChI=1S/C10H17N5O3/c1-7(2)11-4-8-5-15(14-13-8)6-9(16)12-10(17)18-3/h5,7,11H,4,6H2,1-3H3,(H,12,16,17). The van der Waals surface area contributed by atoms with E-state index in [0.29, 0.717) is 12.6 Å². The Balaban J connectivity index is 2.43. The van der Waals surface area contributed by atoms with E-state index in [9.17, 15) is 9.59 Å². The van der Waals surface area contributed by atoms with E-state index in [1.54, 1.807) is 6.20 Å². The Morgan fingerprint density at radius 2 is 2.22 bits per heavy atom. The highest BCUT2D eigenvalue weighted by Crippen LogP contribution is 1.93. The lowest BCUT2D eigenvalue weighted by Gasteiger charge is -2.04. The van der Waals surface area contributed by atoms with Crippen molar-refractivity contribution < 1.29 is 14.3 Å². The summed E-state index contributed by atoms with van der Waals surface area (Å²) in [6.07, 6.45) is 0.855. The topological polar surface area (TPSA) is 98.1 Å². The minimum atomic E-state index is -0.790. The van der Waals surface area contributed by atoms with Gasteiger partial charge in [-0.25, -0.2) is 9.48 Å². The average molecular weight is 255 g/mol. The summed E-state index contributed by atoms with van der Waals surface area (Å²) in [5, 5.41) is 12.9. The van der Waals surface area contributed by atoms with Crippen LogP contribution in [0.3, 0.4) is 0 Å². The molecule has 1 heterocycles. The molecular weight excluding hydrogens is 238 g/mol. The maximum atomic E-state index is 11.3. The van der Waals surface area contributed by atoms with E-state index in [2.05, 4.69) is 20.4 Å². The second-order valence-electron chi connectivity index (χ2n) is 3.98. The van der Waals surface area contributed by atoms with Gasteiger partial charge in [-0.3, -0.25) is 10.1 Å². The number of carbonyl (C=O) groups excluding carboxylic acids is 2. The van der Waals surface area contributed by atoms with Gasteiger partial charge in [-0.1, -0.05) is 19.1 Å². The van der Waals surface area contributed by atoms with Crippen LogP contribution in [0.5, 0.6) is 0 Å². The van der Waals surface area contributed by atoms with Crippen molar-refractivity contribution in [1.29, 1.82) is 0 Å². The number of nitrogens with one attached hydrogen (secondary N) is 2. The van der Waals surface area contributed by atoms with Gasteiger partial charge in [0.15, 0.2) is 0 Å². The molecule has 1 aromatic heterocycles. The predicted octanol–water partition coefficient (Wildman–Crippen LogP) is -0.341. The van der Waals surface area contributed by atoms with Gasteiger partial charge in [-0.2, -0.15) is 0 Å². The van der Waals surface area contributed by atoms with E-state index in [0.717, 1.165) is 5.69 Å². The number of aromatic nitrogens is 3. The van der Waals surface area contributed by atoms with Gasteiger partial charge in [0.25, 0.3) is 5.91 Å². The molecule has 0 aliphatic heterocycles. The van der Waals surface area contributed by atoms with Crippen LogP contribution in [0.2, 0.25) is 0 Å². The molecule has 2 N–H and O–H groups in total. The van der Waals surface area contributed by atoms with Gasteiger partial charge in [0.1, 0.15) is 6.54 Å². The maximum Gasteiger partial charge on any atom is 0.413 e. The second kappa shape index (κ2) is 6.70. The second-order valence-corrected chi connectivity index (χ2v) is 3.98. The van der Waals surface area contributed by atoms with Crippen LogP contribution >= 0.6 is 0 Å². The minimum Gasteiger partial charge on any atom is -0.453 e. The molecule has 0 bridgehead atoms. The lowest BCUT2D eigenvalue weighted by Crippen LogP contribution is -2.33. The molecular formula is C10H17N5O3. The summed E-state index contributed by atoms with van der Waals surface area (Å²) >= 11 is 0. The first-order valence-electron chi connectivity index (χ1n) is 5.51. The molecule has 8 heteroatoms. The SMILES string of the molecule is COC(=O)NC(=O)Cn1cc(CNC(C)C)nn1. The first-order valence-corrected chi connectivity index (χ1v) is 5.51. The zero-order valence-corrected chi connectivity index (χ0v) is 10.6. The van der Waals surface area contributed by atoms with Gasteiger partial charge in [0.05, 0.1) is 19.0 Å². The fourth-order valence-electron chi connectivity index (χ4n) is 1.16. The number of rotatable bonds is 5. The Labute approximate surface area is 105 Å². The normalized spacial score (nSPS) is 10.4. The molecule has 0 aliphatic rings. The molecule has 100 valence electrons. The van der Waals surface area contributed by atoms with Crippen LogP contribution in [0.25, 0.3) is 0 Å². The Hall–Kier alpha value is -1.96. The Morgan fingerprint density at radius 3 is 2.83 bits per heavy atom. The van der Waals surface area contributed by atoms with Crippen LogP contribution in [-0.2, 0) is 22.6 Å². The van der Waals surface area contributed by atoms with Crippen LogP contribution < -0.4 is 10.6 Å². The number of methoxy groups -OCH3 is 1. The summed E-state index contributed by atoms with van der Waals surface area (Å²) in [7, 11) is 1.19. The molecule has 0 saturated carbocycles. The van der Waals surface area contributed by atoms with E-state index in [-0.39, 0.29) is 6.54 Å². The summed E-state index contributed by atoms with van der Waals surface area (Å²) in [6, 6.07) is 0.345. The molecule has 0 saturated heterocycles. The van der Waals surface area contributed by atoms with E-state index in [4.69, 9.17) is 0 Å². The smallest absolute Gasteiger partial charge is 0.413 e. The molecule has 0 aromatic carbocycles. The van der Waals surface area contributed by atoms with Crippen molar-refractivity contribution >= 4 is 12.0 Å². The number of carbonyl (C=O) groups is 2. The highest BCUT2D eigenvalue weighted by Gasteiger charge is 2.09.